The van der Waals surface area contributed by atoms with Crippen LogP contribution < -0.4 is 31.0 Å². The molecule has 0 fully saturated rings. The van der Waals surface area contributed by atoms with Crippen LogP contribution in [0.1, 0.15) is 19.4 Å². The van der Waals surface area contributed by atoms with Crippen molar-refractivity contribution in [2.24, 2.45) is 0 Å². The maximum absolute atomic E-state index is 12.2. The van der Waals surface area contributed by atoms with E-state index >= 15 is 0 Å². The van der Waals surface area contributed by atoms with Crippen LogP contribution in [0.2, 0.25) is 0 Å². The van der Waals surface area contributed by atoms with Gasteiger partial charge in [0.2, 0.25) is 5.91 Å². The summed E-state index contributed by atoms with van der Waals surface area (Å²) in [5.74, 6) is -1.19. The van der Waals surface area contributed by atoms with Crippen molar-refractivity contribution in [2.45, 2.75) is 20.3 Å². The smallest absolute Gasteiger partial charge is 0.327 e. The monoisotopic (exact) mass is 426 g/mol. The number of carbonyl (C=O) groups excluding carboxylic acids is 3. The molecule has 0 radical (unpaired) electrons. The number of anilines is 2. The summed E-state index contributed by atoms with van der Waals surface area (Å²) in [6, 6.07) is 12.2. The average molecular weight is 426 g/mol. The van der Waals surface area contributed by atoms with E-state index in [0.717, 1.165) is 12.0 Å². The van der Waals surface area contributed by atoms with E-state index in [0.29, 0.717) is 28.6 Å². The molecule has 31 heavy (non-hydrogen) atoms. The van der Waals surface area contributed by atoms with Crippen molar-refractivity contribution >= 4 is 29.1 Å². The summed E-state index contributed by atoms with van der Waals surface area (Å²) in [4.78, 5) is 36.2. The van der Waals surface area contributed by atoms with E-state index in [4.69, 9.17) is 9.47 Å². The van der Waals surface area contributed by atoms with Crippen molar-refractivity contribution in [3.05, 3.63) is 59.8 Å². The Hall–Kier alpha value is -4.01. The average Bonchev–Trinajstić information content (AvgIpc) is 2.77. The van der Waals surface area contributed by atoms with Crippen LogP contribution in [0.3, 0.4) is 0 Å². The second kappa shape index (κ2) is 11.2. The van der Waals surface area contributed by atoms with Crippen LogP contribution in [0.25, 0.3) is 0 Å². The number of amides is 3. The zero-order valence-electron chi connectivity index (χ0n) is 17.9. The van der Waals surface area contributed by atoms with Crippen molar-refractivity contribution in [1.29, 1.82) is 0 Å². The minimum absolute atomic E-state index is 0.313. The van der Waals surface area contributed by atoms with E-state index in [-0.39, 0.29) is 0 Å². The molecule has 0 aromatic heterocycles. The fourth-order valence-corrected chi connectivity index (χ4v) is 2.54. The van der Waals surface area contributed by atoms with Crippen LogP contribution in [-0.4, -0.2) is 31.9 Å². The molecule has 0 heterocycles. The molecule has 164 valence electrons. The highest BCUT2D eigenvalue weighted by atomic mass is 16.5. The van der Waals surface area contributed by atoms with Gasteiger partial charge in [-0.3, -0.25) is 19.8 Å². The number of carbonyl (C=O) groups is 3. The Bertz CT molecular complexity index is 970. The predicted molar refractivity (Wildman–Crippen MR) is 118 cm³/mol. The van der Waals surface area contributed by atoms with Gasteiger partial charge in [-0.05, 0) is 43.2 Å². The number of rotatable bonds is 8. The third-order valence-electron chi connectivity index (χ3n) is 4.21. The van der Waals surface area contributed by atoms with Gasteiger partial charge in [0.1, 0.15) is 11.5 Å². The number of hydrogen-bond donors (Lipinski definition) is 4. The number of ether oxygens (including phenoxy) is 2. The first-order valence-electron chi connectivity index (χ1n) is 9.53. The number of nitrogens with one attached hydrogen (secondary N) is 4. The molecule has 9 nitrogen and oxygen atoms in total. The largest absolute Gasteiger partial charge is 0.497 e. The summed E-state index contributed by atoms with van der Waals surface area (Å²) < 4.78 is 10.3. The second-order valence-electron chi connectivity index (χ2n) is 6.47. The third kappa shape index (κ3) is 7.07. The Morgan fingerprint density at radius 1 is 0.903 bits per heavy atom. The van der Waals surface area contributed by atoms with E-state index < -0.39 is 17.7 Å². The Kier molecular flexibility index (Phi) is 8.44. The third-order valence-corrected chi connectivity index (χ3v) is 4.21. The molecule has 3 amide bonds. The van der Waals surface area contributed by atoms with Crippen molar-refractivity contribution in [2.75, 3.05) is 24.9 Å². The highest BCUT2D eigenvalue weighted by molar-refractivity contribution is 6.39. The number of benzene rings is 2. The molecule has 4 N–H and O–H groups in total. The molecule has 2 aromatic rings. The van der Waals surface area contributed by atoms with E-state index in [1.165, 1.54) is 20.3 Å². The molecule has 0 spiro atoms. The fraction of sp³-hybridized carbons (Fsp3) is 0.227. The SMILES string of the molecule is CCc1ccc(NC(=O)C(=O)NNC(C)=CC(=O)Nc2cc(OC)ccc2OC)cc1. The Labute approximate surface area is 180 Å². The van der Waals surface area contributed by atoms with Gasteiger partial charge < -0.3 is 25.5 Å². The standard InChI is InChI=1S/C22H26N4O5/c1-5-15-6-8-16(9-7-15)23-21(28)22(29)26-25-14(2)12-20(27)24-18-13-17(30-3)10-11-19(18)31-4/h6-13,25H,5H2,1-4H3,(H,23,28)(H,24,27)(H,26,29). The van der Waals surface area contributed by atoms with Gasteiger partial charge >= 0.3 is 11.8 Å². The van der Waals surface area contributed by atoms with Crippen molar-refractivity contribution in [1.82, 2.24) is 10.9 Å². The zero-order valence-corrected chi connectivity index (χ0v) is 17.9. The van der Waals surface area contributed by atoms with Crippen LogP contribution in [0.15, 0.2) is 54.2 Å². The van der Waals surface area contributed by atoms with Gasteiger partial charge in [-0.1, -0.05) is 19.1 Å². The maximum Gasteiger partial charge on any atom is 0.327 e. The van der Waals surface area contributed by atoms with E-state index in [2.05, 4.69) is 21.5 Å². The molecule has 0 aliphatic rings. The molecule has 0 aliphatic carbocycles. The molecule has 0 atom stereocenters. The molecule has 0 unspecified atom stereocenters. The molecule has 0 aliphatic heterocycles. The lowest BCUT2D eigenvalue weighted by Gasteiger charge is -2.12. The lowest BCUT2D eigenvalue weighted by molar-refractivity contribution is -0.136. The summed E-state index contributed by atoms with van der Waals surface area (Å²) in [6.45, 7) is 3.58. The van der Waals surface area contributed by atoms with Crippen LogP contribution in [-0.2, 0) is 20.8 Å². The maximum atomic E-state index is 12.2. The predicted octanol–water partition coefficient (Wildman–Crippen LogP) is 2.37. The van der Waals surface area contributed by atoms with Crippen molar-refractivity contribution in [3.63, 3.8) is 0 Å². The van der Waals surface area contributed by atoms with Crippen molar-refractivity contribution in [3.8, 4) is 11.5 Å². The highest BCUT2D eigenvalue weighted by Gasteiger charge is 2.14. The molecule has 2 rings (SSSR count). The molecule has 2 aromatic carbocycles. The first-order valence-corrected chi connectivity index (χ1v) is 9.53. The second-order valence-corrected chi connectivity index (χ2v) is 6.47. The summed E-state index contributed by atoms with van der Waals surface area (Å²) in [7, 11) is 3.00. The minimum atomic E-state index is -0.901. The topological polar surface area (TPSA) is 118 Å². The molecular formula is C22H26N4O5. The lowest BCUT2D eigenvalue weighted by atomic mass is 10.1. The quantitative estimate of drug-likeness (QED) is 0.292. The normalized spacial score (nSPS) is 10.6. The molecule has 0 saturated carbocycles. The van der Waals surface area contributed by atoms with Gasteiger partial charge in [-0.15, -0.1) is 0 Å². The summed E-state index contributed by atoms with van der Waals surface area (Å²) in [6.07, 6.45) is 2.10. The van der Waals surface area contributed by atoms with Crippen LogP contribution in [0, 0.1) is 0 Å². The minimum Gasteiger partial charge on any atom is -0.497 e. The van der Waals surface area contributed by atoms with Gasteiger partial charge in [0, 0.05) is 23.5 Å². The number of methoxy groups -OCH3 is 2. The summed E-state index contributed by atoms with van der Waals surface area (Å²) in [5, 5.41) is 5.17. The first kappa shape index (κ1) is 23.3. The first-order chi connectivity index (χ1) is 14.9. The van der Waals surface area contributed by atoms with Gasteiger partial charge in [-0.25, -0.2) is 0 Å². The fourth-order valence-electron chi connectivity index (χ4n) is 2.54. The molecule has 0 saturated heterocycles. The summed E-state index contributed by atoms with van der Waals surface area (Å²) in [5.41, 5.74) is 7.13. The Morgan fingerprint density at radius 2 is 1.61 bits per heavy atom. The number of hydrazine groups is 1. The van der Waals surface area contributed by atoms with Gasteiger partial charge in [0.25, 0.3) is 0 Å². The van der Waals surface area contributed by atoms with E-state index in [1.807, 2.05) is 19.1 Å². The van der Waals surface area contributed by atoms with Crippen LogP contribution >= 0.6 is 0 Å². The van der Waals surface area contributed by atoms with E-state index in [1.54, 1.807) is 37.3 Å². The summed E-state index contributed by atoms with van der Waals surface area (Å²) >= 11 is 0. The molecular weight excluding hydrogens is 400 g/mol. The van der Waals surface area contributed by atoms with Crippen LogP contribution in [0.4, 0.5) is 11.4 Å². The van der Waals surface area contributed by atoms with Gasteiger partial charge in [-0.2, -0.15) is 0 Å². The number of aryl methyl sites for hydroxylation is 1. The molecule has 9 heteroatoms. The Morgan fingerprint density at radius 3 is 2.23 bits per heavy atom. The number of hydrogen-bond acceptors (Lipinski definition) is 6. The van der Waals surface area contributed by atoms with Crippen molar-refractivity contribution < 1.29 is 23.9 Å². The van der Waals surface area contributed by atoms with E-state index in [9.17, 15) is 14.4 Å². The highest BCUT2D eigenvalue weighted by Crippen LogP contribution is 2.28. The lowest BCUT2D eigenvalue weighted by Crippen LogP contribution is -2.43. The Balaban J connectivity index is 1.89. The zero-order chi connectivity index (χ0) is 22.8. The van der Waals surface area contributed by atoms with Gasteiger partial charge in [0.05, 0.1) is 19.9 Å². The molecule has 0 bridgehead atoms. The number of allylic oxidation sites excluding steroid dienone is 1. The van der Waals surface area contributed by atoms with Crippen LogP contribution in [0.5, 0.6) is 11.5 Å². The van der Waals surface area contributed by atoms with Gasteiger partial charge in [0.15, 0.2) is 0 Å².